The highest BCUT2D eigenvalue weighted by Crippen LogP contribution is 2.34. The van der Waals surface area contributed by atoms with Gasteiger partial charge in [-0.1, -0.05) is 0 Å². The lowest BCUT2D eigenvalue weighted by Crippen LogP contribution is -2.00. The number of halogens is 1. The molecule has 1 fully saturated rings. The summed E-state index contributed by atoms with van der Waals surface area (Å²) in [6.07, 6.45) is 2.69. The predicted octanol–water partition coefficient (Wildman–Crippen LogP) is 2.83. The van der Waals surface area contributed by atoms with E-state index in [9.17, 15) is 9.50 Å². The van der Waals surface area contributed by atoms with E-state index in [1.165, 1.54) is 12.1 Å². The van der Waals surface area contributed by atoms with E-state index in [-0.39, 0.29) is 11.9 Å². The van der Waals surface area contributed by atoms with Gasteiger partial charge < -0.3 is 5.11 Å². The van der Waals surface area contributed by atoms with Crippen LogP contribution in [0.2, 0.25) is 0 Å². The van der Waals surface area contributed by atoms with Crippen molar-refractivity contribution < 1.29 is 9.50 Å². The Kier molecular flexibility index (Phi) is 3.08. The molecular weight excluding hydrogens is 199 g/mol. The van der Waals surface area contributed by atoms with Crippen LogP contribution in [0.15, 0.2) is 29.2 Å². The molecule has 3 heteroatoms. The van der Waals surface area contributed by atoms with Gasteiger partial charge in [0.05, 0.1) is 6.10 Å². The zero-order valence-corrected chi connectivity index (χ0v) is 8.64. The molecule has 0 saturated heterocycles. The van der Waals surface area contributed by atoms with Gasteiger partial charge in [0.1, 0.15) is 5.82 Å². The largest absolute Gasteiger partial charge is 0.393 e. The Hall–Kier alpha value is -0.540. The fourth-order valence-electron chi connectivity index (χ4n) is 1.73. The minimum Gasteiger partial charge on any atom is -0.393 e. The zero-order valence-electron chi connectivity index (χ0n) is 7.82. The molecule has 0 bridgehead atoms. The van der Waals surface area contributed by atoms with Crippen LogP contribution in [0.4, 0.5) is 4.39 Å². The molecule has 2 atom stereocenters. The Balaban J connectivity index is 1.94. The van der Waals surface area contributed by atoms with Crippen LogP contribution in [0.5, 0.6) is 0 Å². The summed E-state index contributed by atoms with van der Waals surface area (Å²) in [5, 5.41) is 9.84. The van der Waals surface area contributed by atoms with E-state index in [0.717, 1.165) is 24.2 Å². The lowest BCUT2D eigenvalue weighted by atomic mass is 10.3. The molecule has 2 rings (SSSR count). The lowest BCUT2D eigenvalue weighted by molar-refractivity contribution is 0.183. The van der Waals surface area contributed by atoms with Crippen LogP contribution in [-0.2, 0) is 0 Å². The molecule has 1 aromatic rings. The van der Waals surface area contributed by atoms with Crippen LogP contribution in [0.1, 0.15) is 19.3 Å². The summed E-state index contributed by atoms with van der Waals surface area (Å²) >= 11 is 1.74. The first kappa shape index (κ1) is 9.99. The van der Waals surface area contributed by atoms with Crippen molar-refractivity contribution in [2.24, 2.45) is 0 Å². The quantitative estimate of drug-likeness (QED) is 0.813. The molecule has 1 saturated carbocycles. The maximum absolute atomic E-state index is 12.6. The van der Waals surface area contributed by atoms with Crippen molar-refractivity contribution in [3.8, 4) is 0 Å². The van der Waals surface area contributed by atoms with Crippen molar-refractivity contribution in [1.29, 1.82) is 0 Å². The molecule has 0 heterocycles. The van der Waals surface area contributed by atoms with E-state index in [2.05, 4.69) is 0 Å². The van der Waals surface area contributed by atoms with E-state index in [1.54, 1.807) is 23.9 Å². The Morgan fingerprint density at radius 3 is 2.50 bits per heavy atom. The van der Waals surface area contributed by atoms with Gasteiger partial charge in [-0.25, -0.2) is 4.39 Å². The molecule has 14 heavy (non-hydrogen) atoms. The molecule has 76 valence electrons. The van der Waals surface area contributed by atoms with Gasteiger partial charge in [0.25, 0.3) is 0 Å². The average Bonchev–Trinajstić information content (AvgIpc) is 2.56. The Morgan fingerprint density at radius 2 is 1.93 bits per heavy atom. The summed E-state index contributed by atoms with van der Waals surface area (Å²) in [7, 11) is 0. The summed E-state index contributed by atoms with van der Waals surface area (Å²) in [6.45, 7) is 0. The second kappa shape index (κ2) is 4.32. The number of thioether (sulfide) groups is 1. The fraction of sp³-hybridized carbons (Fsp3) is 0.455. The minimum atomic E-state index is -0.194. The van der Waals surface area contributed by atoms with Gasteiger partial charge in [-0.2, -0.15) is 0 Å². The van der Waals surface area contributed by atoms with Crippen LogP contribution >= 0.6 is 11.8 Å². The van der Waals surface area contributed by atoms with Crippen molar-refractivity contribution in [2.75, 3.05) is 0 Å². The van der Waals surface area contributed by atoms with Gasteiger partial charge in [-0.15, -0.1) is 11.8 Å². The molecule has 0 radical (unpaired) electrons. The van der Waals surface area contributed by atoms with E-state index in [1.807, 2.05) is 0 Å². The second-order valence-corrected chi connectivity index (χ2v) is 5.03. The van der Waals surface area contributed by atoms with E-state index >= 15 is 0 Å². The number of rotatable bonds is 2. The SMILES string of the molecule is O[C@H]1CCC(Sc2ccc(F)cc2)C1. The summed E-state index contributed by atoms with van der Waals surface area (Å²) in [5.41, 5.74) is 0. The fourth-order valence-corrected chi connectivity index (χ4v) is 2.98. The van der Waals surface area contributed by atoms with Gasteiger partial charge in [0.2, 0.25) is 0 Å². The predicted molar refractivity (Wildman–Crippen MR) is 55.9 cm³/mol. The Bertz CT molecular complexity index is 299. The maximum Gasteiger partial charge on any atom is 0.123 e. The zero-order chi connectivity index (χ0) is 9.97. The monoisotopic (exact) mass is 212 g/mol. The first-order valence-corrected chi connectivity index (χ1v) is 5.72. The highest BCUT2D eigenvalue weighted by Gasteiger charge is 2.23. The number of benzene rings is 1. The van der Waals surface area contributed by atoms with E-state index < -0.39 is 0 Å². The lowest BCUT2D eigenvalue weighted by Gasteiger charge is -2.08. The number of hydrogen-bond acceptors (Lipinski definition) is 2. The molecule has 1 nitrogen and oxygen atoms in total. The van der Waals surface area contributed by atoms with Crippen molar-refractivity contribution >= 4 is 11.8 Å². The van der Waals surface area contributed by atoms with Crippen LogP contribution < -0.4 is 0 Å². The summed E-state index contributed by atoms with van der Waals surface area (Å²) in [5.74, 6) is -0.194. The van der Waals surface area contributed by atoms with E-state index in [0.29, 0.717) is 5.25 Å². The molecule has 1 unspecified atom stereocenters. The normalized spacial score (nSPS) is 26.7. The Labute approximate surface area is 87.3 Å². The molecule has 0 amide bonds. The average molecular weight is 212 g/mol. The molecule has 0 spiro atoms. The van der Waals surface area contributed by atoms with Crippen molar-refractivity contribution in [2.45, 2.75) is 35.5 Å². The van der Waals surface area contributed by atoms with Gasteiger partial charge in [-0.05, 0) is 43.5 Å². The summed E-state index contributed by atoms with van der Waals surface area (Å²) < 4.78 is 12.6. The van der Waals surface area contributed by atoms with Gasteiger partial charge in [-0.3, -0.25) is 0 Å². The van der Waals surface area contributed by atoms with Crippen LogP contribution in [0, 0.1) is 5.82 Å². The highest BCUT2D eigenvalue weighted by molar-refractivity contribution is 8.00. The molecule has 1 N–H and O–H groups in total. The molecule has 0 aromatic heterocycles. The van der Waals surface area contributed by atoms with Crippen LogP contribution in [-0.4, -0.2) is 16.5 Å². The first-order chi connectivity index (χ1) is 6.74. The van der Waals surface area contributed by atoms with Crippen molar-refractivity contribution in [1.82, 2.24) is 0 Å². The molecule has 1 aromatic carbocycles. The third-order valence-corrected chi connectivity index (χ3v) is 3.78. The maximum atomic E-state index is 12.6. The highest BCUT2D eigenvalue weighted by atomic mass is 32.2. The topological polar surface area (TPSA) is 20.2 Å². The van der Waals surface area contributed by atoms with Gasteiger partial charge >= 0.3 is 0 Å². The van der Waals surface area contributed by atoms with Gasteiger partial charge in [0.15, 0.2) is 0 Å². The van der Waals surface area contributed by atoms with Crippen LogP contribution in [0.3, 0.4) is 0 Å². The number of hydrogen-bond donors (Lipinski definition) is 1. The third kappa shape index (κ3) is 2.49. The van der Waals surface area contributed by atoms with Crippen LogP contribution in [0.25, 0.3) is 0 Å². The molecule has 0 aliphatic heterocycles. The summed E-state index contributed by atoms with van der Waals surface area (Å²) in [4.78, 5) is 1.09. The Morgan fingerprint density at radius 1 is 1.21 bits per heavy atom. The second-order valence-electron chi connectivity index (χ2n) is 3.66. The number of aliphatic hydroxyl groups excluding tert-OH is 1. The minimum absolute atomic E-state index is 0.132. The molecule has 1 aliphatic rings. The van der Waals surface area contributed by atoms with Gasteiger partial charge in [0, 0.05) is 10.1 Å². The molecular formula is C11H13FOS. The molecule has 1 aliphatic carbocycles. The number of aliphatic hydroxyl groups is 1. The first-order valence-electron chi connectivity index (χ1n) is 4.84. The third-order valence-electron chi connectivity index (χ3n) is 2.47. The standard InChI is InChI=1S/C11H13FOS/c12-8-1-4-10(5-2-8)14-11-6-3-9(13)7-11/h1-2,4-5,9,11,13H,3,6-7H2/t9-,11?/m0/s1. The van der Waals surface area contributed by atoms with Crippen molar-refractivity contribution in [3.05, 3.63) is 30.1 Å². The van der Waals surface area contributed by atoms with E-state index in [4.69, 9.17) is 0 Å². The smallest absolute Gasteiger partial charge is 0.123 e. The summed E-state index contributed by atoms with van der Waals surface area (Å²) in [6, 6.07) is 6.55. The van der Waals surface area contributed by atoms with Crippen molar-refractivity contribution in [3.63, 3.8) is 0 Å².